The second-order valence-corrected chi connectivity index (χ2v) is 10.1. The highest BCUT2D eigenvalue weighted by molar-refractivity contribution is 6.09. The average molecular weight is 521 g/mol. The Hall–Kier alpha value is -4.20. The highest BCUT2D eigenvalue weighted by Crippen LogP contribution is 2.33. The number of likely N-dealkylation sites (tertiary alicyclic amines) is 1. The molecule has 1 atom stereocenters. The Balaban J connectivity index is 1.12. The molecule has 1 fully saturated rings. The first-order valence-corrected chi connectivity index (χ1v) is 13.4. The summed E-state index contributed by atoms with van der Waals surface area (Å²) in [6.45, 7) is 2.12. The summed E-state index contributed by atoms with van der Waals surface area (Å²) in [5.41, 5.74) is 5.18. The lowest BCUT2D eigenvalue weighted by molar-refractivity contribution is 0.0829. The maximum atomic E-state index is 13.5. The van der Waals surface area contributed by atoms with Crippen molar-refractivity contribution in [3.05, 3.63) is 96.3 Å². The number of aromatic nitrogens is 2. The highest BCUT2D eigenvalue weighted by Gasteiger charge is 2.26. The molecule has 7 heteroatoms. The van der Waals surface area contributed by atoms with Gasteiger partial charge in [0.1, 0.15) is 11.4 Å². The molecule has 2 aromatic heterocycles. The molecular formula is C32H32N4O3. The predicted octanol–water partition coefficient (Wildman–Crippen LogP) is 5.32. The van der Waals surface area contributed by atoms with Crippen molar-refractivity contribution in [2.24, 2.45) is 0 Å². The van der Waals surface area contributed by atoms with E-state index in [4.69, 9.17) is 4.74 Å². The third kappa shape index (κ3) is 5.11. The molecule has 3 heterocycles. The lowest BCUT2D eigenvalue weighted by Gasteiger charge is -2.33. The predicted molar refractivity (Wildman–Crippen MR) is 154 cm³/mol. The highest BCUT2D eigenvalue weighted by atomic mass is 16.5. The van der Waals surface area contributed by atoms with E-state index in [1.165, 1.54) is 0 Å². The zero-order chi connectivity index (χ0) is 26.8. The number of fused-ring (bicyclic) bond motifs is 2. The van der Waals surface area contributed by atoms with Crippen molar-refractivity contribution in [2.45, 2.75) is 25.0 Å². The quantitative estimate of drug-likeness (QED) is 0.270. The smallest absolute Gasteiger partial charge is 0.268 e. The van der Waals surface area contributed by atoms with E-state index < -0.39 is 6.10 Å². The molecule has 3 N–H and O–H groups in total. The van der Waals surface area contributed by atoms with Gasteiger partial charge in [-0.05, 0) is 54.3 Å². The summed E-state index contributed by atoms with van der Waals surface area (Å²) in [5.74, 6) is 0.659. The van der Waals surface area contributed by atoms with E-state index in [0.717, 1.165) is 70.2 Å². The first-order valence-electron chi connectivity index (χ1n) is 13.4. The van der Waals surface area contributed by atoms with Crippen LogP contribution in [-0.2, 0) is 0 Å². The van der Waals surface area contributed by atoms with E-state index in [1.54, 1.807) is 13.3 Å². The fraction of sp³-hybridized carbons (Fsp3) is 0.250. The molecular weight excluding hydrogens is 488 g/mol. The van der Waals surface area contributed by atoms with Gasteiger partial charge in [0.05, 0.1) is 18.7 Å². The maximum absolute atomic E-state index is 13.5. The number of aliphatic hydroxyl groups is 1. The first-order chi connectivity index (χ1) is 19.1. The summed E-state index contributed by atoms with van der Waals surface area (Å²) in [6.07, 6.45) is 2.74. The topological polar surface area (TPSA) is 90.5 Å². The summed E-state index contributed by atoms with van der Waals surface area (Å²) in [5, 5.41) is 16.3. The fourth-order valence-corrected chi connectivity index (χ4v) is 5.64. The number of benzene rings is 3. The molecule has 0 radical (unpaired) electrons. The second-order valence-electron chi connectivity index (χ2n) is 10.1. The number of hydrogen-bond donors (Lipinski definition) is 3. The largest absolute Gasteiger partial charge is 0.497 e. The van der Waals surface area contributed by atoms with Crippen molar-refractivity contribution in [1.82, 2.24) is 20.2 Å². The number of H-pyrrole nitrogens is 1. The standard InChI is InChI=1S/C32H32N4O3/c1-39-23-11-12-27-26(19-23)24(13-16-33-27)29(37)20-36-17-14-22(15-18-36)34-32(38)31-30(21-7-3-2-4-8-21)25-9-5-6-10-28(25)35-31/h2-13,16,19,22,29,35,37H,14-15,17-18,20H2,1H3,(H,34,38)/t29-/m0/s1. The molecule has 5 aromatic rings. The Kier molecular flexibility index (Phi) is 7.00. The Morgan fingerprint density at radius 3 is 2.62 bits per heavy atom. The number of para-hydroxylation sites is 1. The summed E-state index contributed by atoms with van der Waals surface area (Å²) in [7, 11) is 1.64. The monoisotopic (exact) mass is 520 g/mol. The van der Waals surface area contributed by atoms with E-state index in [0.29, 0.717) is 12.2 Å². The summed E-state index contributed by atoms with van der Waals surface area (Å²) in [6, 6.07) is 25.8. The van der Waals surface area contributed by atoms with Crippen molar-refractivity contribution < 1.29 is 14.6 Å². The van der Waals surface area contributed by atoms with Crippen LogP contribution in [0.2, 0.25) is 0 Å². The molecule has 0 saturated carbocycles. The zero-order valence-electron chi connectivity index (χ0n) is 21.9. The van der Waals surface area contributed by atoms with Crippen LogP contribution < -0.4 is 10.1 Å². The first kappa shape index (κ1) is 25.1. The van der Waals surface area contributed by atoms with Gasteiger partial charge in [-0.3, -0.25) is 9.78 Å². The van der Waals surface area contributed by atoms with Crippen LogP contribution in [0.25, 0.3) is 32.9 Å². The van der Waals surface area contributed by atoms with Gasteiger partial charge in [0.15, 0.2) is 0 Å². The summed E-state index contributed by atoms with van der Waals surface area (Å²) < 4.78 is 5.38. The number of rotatable bonds is 7. The van der Waals surface area contributed by atoms with Crippen LogP contribution in [0.1, 0.15) is 35.0 Å². The molecule has 198 valence electrons. The second kappa shape index (κ2) is 10.9. The normalized spacial score (nSPS) is 15.4. The van der Waals surface area contributed by atoms with Gasteiger partial charge in [0.25, 0.3) is 5.91 Å². The van der Waals surface area contributed by atoms with Gasteiger partial charge >= 0.3 is 0 Å². The van der Waals surface area contributed by atoms with Gasteiger partial charge in [-0.1, -0.05) is 48.5 Å². The van der Waals surface area contributed by atoms with Crippen molar-refractivity contribution in [3.63, 3.8) is 0 Å². The number of aromatic amines is 1. The number of ether oxygens (including phenoxy) is 1. The van der Waals surface area contributed by atoms with Gasteiger partial charge in [0, 0.05) is 53.7 Å². The number of piperidine rings is 1. The number of pyridine rings is 1. The number of carbonyl (C=O) groups is 1. The number of nitrogens with one attached hydrogen (secondary N) is 2. The van der Waals surface area contributed by atoms with E-state index in [2.05, 4.69) is 26.3 Å². The minimum Gasteiger partial charge on any atom is -0.497 e. The number of hydrogen-bond acceptors (Lipinski definition) is 5. The van der Waals surface area contributed by atoms with Gasteiger partial charge in [-0.2, -0.15) is 0 Å². The third-order valence-corrected chi connectivity index (χ3v) is 7.69. The number of β-amino-alcohol motifs (C(OH)–C–C–N with tert-alkyl or cyclic N) is 1. The molecule has 0 spiro atoms. The van der Waals surface area contributed by atoms with Gasteiger partial charge in [-0.15, -0.1) is 0 Å². The molecule has 0 aliphatic carbocycles. The molecule has 7 nitrogen and oxygen atoms in total. The molecule has 0 unspecified atom stereocenters. The van der Waals surface area contributed by atoms with Gasteiger partial charge in [0.2, 0.25) is 0 Å². The van der Waals surface area contributed by atoms with Crippen LogP contribution in [-0.4, -0.2) is 58.7 Å². The molecule has 0 bridgehead atoms. The SMILES string of the molecule is COc1ccc2nccc([C@@H](O)CN3CCC(NC(=O)c4[nH]c5ccccc5c4-c4ccccc4)CC3)c2c1. The van der Waals surface area contributed by atoms with Crippen LogP contribution in [0.3, 0.4) is 0 Å². The summed E-state index contributed by atoms with van der Waals surface area (Å²) in [4.78, 5) is 23.5. The lowest BCUT2D eigenvalue weighted by Crippen LogP contribution is -2.45. The number of aliphatic hydroxyl groups excluding tert-OH is 1. The Labute approximate surface area is 227 Å². The Morgan fingerprint density at radius 1 is 1.05 bits per heavy atom. The zero-order valence-corrected chi connectivity index (χ0v) is 21.9. The van der Waals surface area contributed by atoms with E-state index in [9.17, 15) is 9.90 Å². The third-order valence-electron chi connectivity index (χ3n) is 7.69. The van der Waals surface area contributed by atoms with Crippen LogP contribution in [0.15, 0.2) is 85.1 Å². The number of nitrogens with zero attached hydrogens (tertiary/aromatic N) is 2. The molecule has 3 aromatic carbocycles. The minimum absolute atomic E-state index is 0.0759. The van der Waals surface area contributed by atoms with Crippen molar-refractivity contribution in [2.75, 3.05) is 26.7 Å². The average Bonchev–Trinajstić information content (AvgIpc) is 3.38. The van der Waals surface area contributed by atoms with Gasteiger partial charge in [-0.25, -0.2) is 0 Å². The number of amides is 1. The number of carbonyl (C=O) groups excluding carboxylic acids is 1. The van der Waals surface area contributed by atoms with Crippen molar-refractivity contribution in [1.29, 1.82) is 0 Å². The molecule has 1 saturated heterocycles. The van der Waals surface area contributed by atoms with Crippen LogP contribution >= 0.6 is 0 Å². The van der Waals surface area contributed by atoms with Crippen LogP contribution in [0.5, 0.6) is 5.75 Å². The number of methoxy groups -OCH3 is 1. The molecule has 1 aliphatic heterocycles. The van der Waals surface area contributed by atoms with Crippen LogP contribution in [0, 0.1) is 0 Å². The molecule has 39 heavy (non-hydrogen) atoms. The van der Waals surface area contributed by atoms with Gasteiger partial charge < -0.3 is 25.0 Å². The fourth-order valence-electron chi connectivity index (χ4n) is 5.64. The lowest BCUT2D eigenvalue weighted by atomic mass is 9.99. The van der Waals surface area contributed by atoms with E-state index in [-0.39, 0.29) is 11.9 Å². The maximum Gasteiger partial charge on any atom is 0.268 e. The molecule has 1 aliphatic rings. The van der Waals surface area contributed by atoms with Crippen molar-refractivity contribution in [3.8, 4) is 16.9 Å². The minimum atomic E-state index is -0.645. The summed E-state index contributed by atoms with van der Waals surface area (Å²) >= 11 is 0. The van der Waals surface area contributed by atoms with Crippen molar-refractivity contribution >= 4 is 27.7 Å². The Morgan fingerprint density at radius 2 is 1.82 bits per heavy atom. The van der Waals surface area contributed by atoms with Crippen LogP contribution in [0.4, 0.5) is 0 Å². The Bertz CT molecular complexity index is 1610. The van der Waals surface area contributed by atoms with E-state index in [1.807, 2.05) is 72.8 Å². The molecule has 1 amide bonds. The van der Waals surface area contributed by atoms with E-state index >= 15 is 0 Å². The molecule has 6 rings (SSSR count).